The Morgan fingerprint density at radius 1 is 1.35 bits per heavy atom. The summed E-state index contributed by atoms with van der Waals surface area (Å²) in [6, 6.07) is 0.691. The molecule has 2 rings (SSSR count). The second kappa shape index (κ2) is 4.05. The molecule has 1 aromatic carbocycles. The van der Waals surface area contributed by atoms with Crippen LogP contribution in [0.1, 0.15) is 0 Å². The number of rotatable bonds is 1. The van der Waals surface area contributed by atoms with E-state index in [0.717, 1.165) is 6.20 Å². The van der Waals surface area contributed by atoms with Crippen molar-refractivity contribution in [2.45, 2.75) is 0 Å². The summed E-state index contributed by atoms with van der Waals surface area (Å²) in [6.07, 6.45) is 0.753. The molecule has 0 atom stereocenters. The van der Waals surface area contributed by atoms with Gasteiger partial charge in [0.25, 0.3) is 0 Å². The third-order valence-electron chi connectivity index (χ3n) is 2.10. The summed E-state index contributed by atoms with van der Waals surface area (Å²) in [5, 5.41) is 9.81. The van der Waals surface area contributed by atoms with Gasteiger partial charge in [0.15, 0.2) is 11.6 Å². The summed E-state index contributed by atoms with van der Waals surface area (Å²) in [7, 11) is 0. The molecule has 0 aliphatic rings. The first-order valence-corrected chi connectivity index (χ1v) is 4.95. The Bertz CT molecular complexity index is 649. The van der Waals surface area contributed by atoms with E-state index in [9.17, 15) is 18.9 Å². The van der Waals surface area contributed by atoms with Crippen molar-refractivity contribution in [2.24, 2.45) is 0 Å². The number of benzene rings is 1. The quantitative estimate of drug-likeness (QED) is 0.454. The molecular weight excluding hydrogens is 277 g/mol. The van der Waals surface area contributed by atoms with E-state index in [1.54, 1.807) is 0 Å². The van der Waals surface area contributed by atoms with Gasteiger partial charge < -0.3 is 0 Å². The van der Waals surface area contributed by atoms with E-state index in [1.165, 1.54) is 0 Å². The lowest BCUT2D eigenvalue weighted by atomic mass is 10.2. The molecule has 8 heteroatoms. The van der Waals surface area contributed by atoms with Crippen molar-refractivity contribution in [3.8, 4) is 0 Å². The molecule has 1 heterocycles. The van der Waals surface area contributed by atoms with Crippen LogP contribution in [0.5, 0.6) is 0 Å². The Hall–Kier alpha value is -1.53. The summed E-state index contributed by atoms with van der Waals surface area (Å²) < 4.78 is 26.4. The number of pyridine rings is 1. The molecule has 0 saturated heterocycles. The molecule has 17 heavy (non-hydrogen) atoms. The van der Waals surface area contributed by atoms with Gasteiger partial charge in [0.05, 0.1) is 9.95 Å². The molecule has 0 bridgehead atoms. The summed E-state index contributed by atoms with van der Waals surface area (Å²) in [5.41, 5.74) is -0.960. The predicted molar refractivity (Wildman–Crippen MR) is 58.3 cm³/mol. The van der Waals surface area contributed by atoms with Gasteiger partial charge >= 0.3 is 5.69 Å². The average Bonchev–Trinajstić information content (AvgIpc) is 2.25. The number of aromatic nitrogens is 1. The van der Waals surface area contributed by atoms with Gasteiger partial charge in [0.2, 0.25) is 0 Å². The fourth-order valence-electron chi connectivity index (χ4n) is 1.35. The van der Waals surface area contributed by atoms with Gasteiger partial charge in [0, 0.05) is 5.39 Å². The first-order valence-electron chi connectivity index (χ1n) is 4.19. The van der Waals surface area contributed by atoms with Crippen molar-refractivity contribution >= 4 is 39.8 Å². The Morgan fingerprint density at radius 3 is 2.59 bits per heavy atom. The highest BCUT2D eigenvalue weighted by Gasteiger charge is 2.22. The van der Waals surface area contributed by atoms with Crippen LogP contribution in [0.4, 0.5) is 14.5 Å². The van der Waals surface area contributed by atoms with E-state index in [2.05, 4.69) is 4.98 Å². The Labute approximate surface area is 103 Å². The van der Waals surface area contributed by atoms with E-state index in [0.29, 0.717) is 6.07 Å². The fourth-order valence-corrected chi connectivity index (χ4v) is 1.99. The maximum atomic E-state index is 13.4. The van der Waals surface area contributed by atoms with Crippen molar-refractivity contribution in [3.63, 3.8) is 0 Å². The predicted octanol–water partition coefficient (Wildman–Crippen LogP) is 3.73. The van der Waals surface area contributed by atoms with Crippen LogP contribution >= 0.6 is 23.2 Å². The molecule has 0 N–H and O–H groups in total. The fraction of sp³-hybridized carbons (Fsp3) is 0. The summed E-state index contributed by atoms with van der Waals surface area (Å²) >= 11 is 11.4. The van der Waals surface area contributed by atoms with Crippen molar-refractivity contribution in [1.29, 1.82) is 0 Å². The van der Waals surface area contributed by atoms with Crippen molar-refractivity contribution in [2.75, 3.05) is 0 Å². The van der Waals surface area contributed by atoms with E-state index >= 15 is 0 Å². The van der Waals surface area contributed by atoms with E-state index in [1.807, 2.05) is 0 Å². The lowest BCUT2D eigenvalue weighted by molar-refractivity contribution is -0.384. The average molecular weight is 279 g/mol. The molecule has 0 saturated carbocycles. The van der Waals surface area contributed by atoms with Crippen LogP contribution in [-0.4, -0.2) is 9.91 Å². The molecule has 0 unspecified atom stereocenters. The normalized spacial score (nSPS) is 10.8. The second-order valence-corrected chi connectivity index (χ2v) is 3.88. The molecule has 0 amide bonds. The minimum Gasteiger partial charge on any atom is -0.258 e. The van der Waals surface area contributed by atoms with Crippen LogP contribution in [0.2, 0.25) is 10.0 Å². The Balaban J connectivity index is 2.96. The van der Waals surface area contributed by atoms with E-state index in [4.69, 9.17) is 23.2 Å². The monoisotopic (exact) mass is 278 g/mol. The third-order valence-corrected chi connectivity index (χ3v) is 2.78. The maximum Gasteiger partial charge on any atom is 0.306 e. The van der Waals surface area contributed by atoms with Crippen molar-refractivity contribution in [1.82, 2.24) is 4.98 Å². The number of fused-ring (bicyclic) bond motifs is 1. The third kappa shape index (κ3) is 1.79. The number of hydrogen-bond donors (Lipinski definition) is 0. The number of nitro groups is 1. The minimum absolute atomic E-state index is 0.179. The molecule has 88 valence electrons. The zero-order valence-electron chi connectivity index (χ0n) is 7.88. The second-order valence-electron chi connectivity index (χ2n) is 3.09. The SMILES string of the molecule is O=[N+]([O-])c1cnc2c(F)c(F)cc(Cl)c2c1Cl. The summed E-state index contributed by atoms with van der Waals surface area (Å²) in [6.45, 7) is 0. The maximum absolute atomic E-state index is 13.4. The largest absolute Gasteiger partial charge is 0.306 e. The Morgan fingerprint density at radius 2 is 2.00 bits per heavy atom. The van der Waals surface area contributed by atoms with Crippen molar-refractivity contribution < 1.29 is 13.7 Å². The topological polar surface area (TPSA) is 56.0 Å². The summed E-state index contributed by atoms with van der Waals surface area (Å²) in [4.78, 5) is 13.3. The van der Waals surface area contributed by atoms with Crippen LogP contribution in [0, 0.1) is 21.7 Å². The number of nitrogens with zero attached hydrogens (tertiary/aromatic N) is 2. The van der Waals surface area contributed by atoms with Crippen molar-refractivity contribution in [3.05, 3.63) is 44.1 Å². The molecule has 0 spiro atoms. The highest BCUT2D eigenvalue weighted by atomic mass is 35.5. The van der Waals surface area contributed by atoms with Gasteiger partial charge in [-0.2, -0.15) is 0 Å². The highest BCUT2D eigenvalue weighted by Crippen LogP contribution is 2.37. The Kier molecular flexibility index (Phi) is 2.84. The number of halogens is 4. The van der Waals surface area contributed by atoms with Crippen LogP contribution < -0.4 is 0 Å². The van der Waals surface area contributed by atoms with Gasteiger partial charge in [-0.1, -0.05) is 23.2 Å². The highest BCUT2D eigenvalue weighted by molar-refractivity contribution is 6.43. The molecule has 4 nitrogen and oxygen atoms in total. The molecule has 2 aromatic rings. The molecular formula is C9H2Cl2F2N2O2. The van der Waals surface area contributed by atoms with Gasteiger partial charge in [-0.15, -0.1) is 0 Å². The van der Waals surface area contributed by atoms with E-state index in [-0.39, 0.29) is 15.4 Å². The van der Waals surface area contributed by atoms with Crippen LogP contribution in [0.15, 0.2) is 12.3 Å². The molecule has 0 aliphatic heterocycles. The number of hydrogen-bond acceptors (Lipinski definition) is 3. The lowest BCUT2D eigenvalue weighted by Crippen LogP contribution is -1.96. The van der Waals surface area contributed by atoms with Gasteiger partial charge in [-0.25, -0.2) is 13.8 Å². The van der Waals surface area contributed by atoms with Crippen LogP contribution in [0.3, 0.4) is 0 Å². The minimum atomic E-state index is -1.25. The lowest BCUT2D eigenvalue weighted by Gasteiger charge is -2.04. The molecule has 1 aromatic heterocycles. The summed E-state index contributed by atoms with van der Waals surface area (Å²) in [5.74, 6) is -2.44. The van der Waals surface area contributed by atoms with Crippen LogP contribution in [0.25, 0.3) is 10.9 Å². The zero-order chi connectivity index (χ0) is 12.7. The first-order chi connectivity index (χ1) is 7.93. The van der Waals surface area contributed by atoms with Gasteiger partial charge in [-0.3, -0.25) is 10.1 Å². The van der Waals surface area contributed by atoms with E-state index < -0.39 is 27.8 Å². The van der Waals surface area contributed by atoms with Gasteiger partial charge in [0.1, 0.15) is 16.7 Å². The first kappa shape index (κ1) is 11.9. The molecule has 0 fully saturated rings. The molecule has 0 aliphatic carbocycles. The standard InChI is InChI=1S/C9H2Cl2F2N2O2/c10-3-1-4(12)8(13)9-6(3)7(11)5(2-14-9)15(16)17/h1-2H. The molecule has 0 radical (unpaired) electrons. The van der Waals surface area contributed by atoms with Gasteiger partial charge in [-0.05, 0) is 6.07 Å². The van der Waals surface area contributed by atoms with Crippen LogP contribution in [-0.2, 0) is 0 Å². The zero-order valence-corrected chi connectivity index (χ0v) is 9.39. The smallest absolute Gasteiger partial charge is 0.258 e.